The Morgan fingerprint density at radius 1 is 1.07 bits per heavy atom. The van der Waals surface area contributed by atoms with E-state index in [0.717, 1.165) is 54.9 Å². The van der Waals surface area contributed by atoms with Crippen LogP contribution in [-0.2, 0) is 6.54 Å². The highest BCUT2D eigenvalue weighted by Gasteiger charge is 2.33. The van der Waals surface area contributed by atoms with Gasteiger partial charge in [-0.25, -0.2) is 0 Å². The van der Waals surface area contributed by atoms with E-state index in [1.165, 1.54) is 12.8 Å². The molecular formula is C23H30N4O. The number of benzene rings is 2. The number of nitrogens with two attached hydrogens (primary N) is 1. The number of hydrogen-bond acceptors (Lipinski definition) is 4. The first-order valence-electron chi connectivity index (χ1n) is 10.4. The van der Waals surface area contributed by atoms with E-state index in [1.54, 1.807) is 0 Å². The zero-order valence-corrected chi connectivity index (χ0v) is 16.4. The number of rotatable bonds is 5. The van der Waals surface area contributed by atoms with E-state index in [-0.39, 0.29) is 11.9 Å². The Morgan fingerprint density at radius 2 is 1.86 bits per heavy atom. The number of carbonyl (C=O) groups is 1. The van der Waals surface area contributed by atoms with E-state index in [4.69, 9.17) is 5.73 Å². The molecule has 2 aliphatic rings. The van der Waals surface area contributed by atoms with Crippen LogP contribution >= 0.6 is 0 Å². The van der Waals surface area contributed by atoms with Gasteiger partial charge < -0.3 is 16.4 Å². The minimum atomic E-state index is 0.0347. The molecule has 1 heterocycles. The Labute approximate surface area is 167 Å². The molecule has 0 bridgehead atoms. The van der Waals surface area contributed by atoms with Crippen molar-refractivity contribution in [3.05, 3.63) is 59.7 Å². The molecule has 1 aliphatic carbocycles. The summed E-state index contributed by atoms with van der Waals surface area (Å²) < 4.78 is 0. The van der Waals surface area contributed by atoms with Gasteiger partial charge in [0, 0.05) is 50.4 Å². The molecule has 1 aliphatic heterocycles. The molecule has 148 valence electrons. The second kappa shape index (κ2) is 8.86. The molecule has 1 saturated carbocycles. The van der Waals surface area contributed by atoms with Crippen molar-refractivity contribution in [3.8, 4) is 11.1 Å². The Hall–Kier alpha value is -2.21. The van der Waals surface area contributed by atoms with E-state index in [9.17, 15) is 4.79 Å². The number of nitrogens with one attached hydrogen (secondary N) is 2. The van der Waals surface area contributed by atoms with Crippen molar-refractivity contribution in [2.75, 3.05) is 26.2 Å². The van der Waals surface area contributed by atoms with E-state index >= 15 is 0 Å². The lowest BCUT2D eigenvalue weighted by Crippen LogP contribution is -2.54. The number of amides is 1. The largest absolute Gasteiger partial charge is 0.348 e. The quantitative estimate of drug-likeness (QED) is 0.747. The fourth-order valence-corrected chi connectivity index (χ4v) is 4.48. The summed E-state index contributed by atoms with van der Waals surface area (Å²) in [6, 6.07) is 16.8. The predicted octanol–water partition coefficient (Wildman–Crippen LogP) is 2.37. The number of nitrogens with zero attached hydrogens (tertiary/aromatic N) is 1. The molecule has 1 amide bonds. The van der Waals surface area contributed by atoms with Gasteiger partial charge in [-0.05, 0) is 48.1 Å². The van der Waals surface area contributed by atoms with Gasteiger partial charge >= 0.3 is 0 Å². The Kier molecular flexibility index (Phi) is 6.05. The van der Waals surface area contributed by atoms with Crippen molar-refractivity contribution < 1.29 is 4.79 Å². The lowest BCUT2D eigenvalue weighted by molar-refractivity contribution is 0.0894. The summed E-state index contributed by atoms with van der Waals surface area (Å²) in [6.07, 6.45) is 3.44. The first-order chi connectivity index (χ1) is 13.7. The molecule has 0 spiro atoms. The van der Waals surface area contributed by atoms with Gasteiger partial charge in [0.1, 0.15) is 0 Å². The molecule has 2 atom stereocenters. The topological polar surface area (TPSA) is 70.4 Å². The number of carbonyl (C=O) groups excluding carboxylic acids is 1. The van der Waals surface area contributed by atoms with Crippen molar-refractivity contribution in [2.24, 2.45) is 5.73 Å². The SMILES string of the molecule is NCc1ccc(-c2cccc(C(=O)N[C@@H]3CCC[C@@H]3N3CCNCC3)c2)cc1. The van der Waals surface area contributed by atoms with Crippen LogP contribution in [0, 0.1) is 0 Å². The fraction of sp³-hybridized carbons (Fsp3) is 0.435. The average Bonchev–Trinajstić information content (AvgIpc) is 3.22. The summed E-state index contributed by atoms with van der Waals surface area (Å²) in [7, 11) is 0. The monoisotopic (exact) mass is 378 g/mol. The third kappa shape index (κ3) is 4.27. The predicted molar refractivity (Wildman–Crippen MR) is 113 cm³/mol. The molecule has 4 N–H and O–H groups in total. The minimum Gasteiger partial charge on any atom is -0.348 e. The molecule has 0 unspecified atom stereocenters. The van der Waals surface area contributed by atoms with Crippen molar-refractivity contribution >= 4 is 5.91 Å². The Balaban J connectivity index is 1.45. The first-order valence-corrected chi connectivity index (χ1v) is 10.4. The normalized spacial score (nSPS) is 22.9. The van der Waals surface area contributed by atoms with Crippen molar-refractivity contribution in [1.82, 2.24) is 15.5 Å². The van der Waals surface area contributed by atoms with Gasteiger partial charge in [0.15, 0.2) is 0 Å². The maximum absolute atomic E-state index is 13.0. The highest BCUT2D eigenvalue weighted by molar-refractivity contribution is 5.95. The highest BCUT2D eigenvalue weighted by Crippen LogP contribution is 2.26. The third-order valence-corrected chi connectivity index (χ3v) is 6.06. The second-order valence-electron chi connectivity index (χ2n) is 7.85. The van der Waals surface area contributed by atoms with E-state index in [2.05, 4.69) is 27.7 Å². The summed E-state index contributed by atoms with van der Waals surface area (Å²) in [4.78, 5) is 15.5. The maximum Gasteiger partial charge on any atom is 0.251 e. The molecule has 5 heteroatoms. The van der Waals surface area contributed by atoms with Crippen LogP contribution in [0.4, 0.5) is 0 Å². The minimum absolute atomic E-state index is 0.0347. The molecule has 4 rings (SSSR count). The van der Waals surface area contributed by atoms with Crippen LogP contribution in [0.2, 0.25) is 0 Å². The van der Waals surface area contributed by atoms with E-state index in [0.29, 0.717) is 12.6 Å². The molecule has 1 saturated heterocycles. The summed E-state index contributed by atoms with van der Waals surface area (Å²) in [5, 5.41) is 6.73. The summed E-state index contributed by atoms with van der Waals surface area (Å²) in [6.45, 7) is 4.78. The van der Waals surface area contributed by atoms with Gasteiger partial charge in [0.05, 0.1) is 0 Å². The number of hydrogen-bond donors (Lipinski definition) is 3. The van der Waals surface area contributed by atoms with Gasteiger partial charge in [0.25, 0.3) is 5.91 Å². The highest BCUT2D eigenvalue weighted by atomic mass is 16.1. The zero-order valence-electron chi connectivity index (χ0n) is 16.4. The van der Waals surface area contributed by atoms with Crippen LogP contribution < -0.4 is 16.4 Å². The van der Waals surface area contributed by atoms with E-state index in [1.807, 2.05) is 36.4 Å². The Bertz CT molecular complexity index is 799. The fourth-order valence-electron chi connectivity index (χ4n) is 4.48. The van der Waals surface area contributed by atoms with Crippen LogP contribution in [0.15, 0.2) is 48.5 Å². The van der Waals surface area contributed by atoms with Crippen LogP contribution in [0.25, 0.3) is 11.1 Å². The van der Waals surface area contributed by atoms with Gasteiger partial charge in [0.2, 0.25) is 0 Å². The molecule has 0 radical (unpaired) electrons. The van der Waals surface area contributed by atoms with Crippen LogP contribution in [0.3, 0.4) is 0 Å². The van der Waals surface area contributed by atoms with Crippen LogP contribution in [0.1, 0.15) is 35.2 Å². The van der Waals surface area contributed by atoms with Gasteiger partial charge in [-0.15, -0.1) is 0 Å². The molecule has 0 aromatic heterocycles. The van der Waals surface area contributed by atoms with Gasteiger partial charge in [-0.3, -0.25) is 9.69 Å². The third-order valence-electron chi connectivity index (χ3n) is 6.06. The molecule has 2 fully saturated rings. The smallest absolute Gasteiger partial charge is 0.251 e. The molecular weight excluding hydrogens is 348 g/mol. The maximum atomic E-state index is 13.0. The lowest BCUT2D eigenvalue weighted by Gasteiger charge is -2.36. The first kappa shape index (κ1) is 19.1. The molecule has 2 aromatic rings. The lowest BCUT2D eigenvalue weighted by atomic mass is 10.0. The van der Waals surface area contributed by atoms with Crippen molar-refractivity contribution in [3.63, 3.8) is 0 Å². The van der Waals surface area contributed by atoms with Crippen LogP contribution in [0.5, 0.6) is 0 Å². The number of piperazine rings is 1. The zero-order chi connectivity index (χ0) is 19.3. The molecule has 2 aromatic carbocycles. The van der Waals surface area contributed by atoms with Gasteiger partial charge in [-0.1, -0.05) is 36.4 Å². The van der Waals surface area contributed by atoms with Crippen LogP contribution in [-0.4, -0.2) is 49.1 Å². The summed E-state index contributed by atoms with van der Waals surface area (Å²) in [5.41, 5.74) is 9.68. The average molecular weight is 379 g/mol. The standard InChI is InChI=1S/C23H30N4O/c24-16-17-7-9-18(10-8-17)19-3-1-4-20(15-19)23(28)26-21-5-2-6-22(21)27-13-11-25-12-14-27/h1,3-4,7-10,15,21-22,25H,2,5-6,11-14,16,24H2,(H,26,28)/t21-,22+/m1/s1. The molecule has 5 nitrogen and oxygen atoms in total. The van der Waals surface area contributed by atoms with Gasteiger partial charge in [-0.2, -0.15) is 0 Å². The van der Waals surface area contributed by atoms with Crippen molar-refractivity contribution in [2.45, 2.75) is 37.9 Å². The molecule has 28 heavy (non-hydrogen) atoms. The van der Waals surface area contributed by atoms with Crippen molar-refractivity contribution in [1.29, 1.82) is 0 Å². The summed E-state index contributed by atoms with van der Waals surface area (Å²) in [5.74, 6) is 0.0347. The second-order valence-corrected chi connectivity index (χ2v) is 7.85. The Morgan fingerprint density at radius 3 is 2.61 bits per heavy atom. The summed E-state index contributed by atoms with van der Waals surface area (Å²) >= 11 is 0. The van der Waals surface area contributed by atoms with E-state index < -0.39 is 0 Å².